The van der Waals surface area contributed by atoms with Gasteiger partial charge in [-0.2, -0.15) is 9.97 Å². The Hall–Kier alpha value is -1.40. The molecule has 2 aliphatic rings. The SMILES string of the molecule is COc1nc2c(c(N3CCOCC3)n1)CNCC2. The molecule has 0 aliphatic carbocycles. The summed E-state index contributed by atoms with van der Waals surface area (Å²) in [7, 11) is 1.62. The molecule has 0 radical (unpaired) electrons. The molecule has 1 fully saturated rings. The molecule has 1 aromatic heterocycles. The summed E-state index contributed by atoms with van der Waals surface area (Å²) in [5, 5.41) is 3.38. The van der Waals surface area contributed by atoms with Crippen LogP contribution in [0, 0.1) is 0 Å². The maximum atomic E-state index is 5.39. The lowest BCUT2D eigenvalue weighted by molar-refractivity contribution is 0.122. The summed E-state index contributed by atoms with van der Waals surface area (Å²) in [5.74, 6) is 1.01. The number of anilines is 1. The molecule has 1 saturated heterocycles. The number of rotatable bonds is 2. The van der Waals surface area contributed by atoms with Crippen LogP contribution in [-0.2, 0) is 17.7 Å². The number of nitrogens with zero attached hydrogens (tertiary/aromatic N) is 3. The molecule has 0 saturated carbocycles. The fourth-order valence-electron chi connectivity index (χ4n) is 2.43. The van der Waals surface area contributed by atoms with Gasteiger partial charge in [0.1, 0.15) is 5.82 Å². The molecule has 3 rings (SSSR count). The van der Waals surface area contributed by atoms with Crippen LogP contribution < -0.4 is 15.0 Å². The normalized spacial score (nSPS) is 19.5. The van der Waals surface area contributed by atoms with Crippen LogP contribution in [0.4, 0.5) is 5.82 Å². The summed E-state index contributed by atoms with van der Waals surface area (Å²) >= 11 is 0. The van der Waals surface area contributed by atoms with E-state index in [4.69, 9.17) is 9.47 Å². The molecule has 1 N–H and O–H groups in total. The minimum atomic E-state index is 0.470. The van der Waals surface area contributed by atoms with Crippen molar-refractivity contribution in [3.05, 3.63) is 11.3 Å². The molecule has 2 aliphatic heterocycles. The van der Waals surface area contributed by atoms with Crippen molar-refractivity contribution in [1.82, 2.24) is 15.3 Å². The second-order valence-corrected chi connectivity index (χ2v) is 4.49. The minimum absolute atomic E-state index is 0.470. The van der Waals surface area contributed by atoms with Gasteiger partial charge in [0.25, 0.3) is 0 Å². The van der Waals surface area contributed by atoms with E-state index in [1.54, 1.807) is 7.11 Å². The van der Waals surface area contributed by atoms with Crippen molar-refractivity contribution in [3.63, 3.8) is 0 Å². The molecule has 0 bridgehead atoms. The van der Waals surface area contributed by atoms with E-state index in [2.05, 4.69) is 20.2 Å². The standard InChI is InChI=1S/C12H18N4O2/c1-17-12-14-10-2-3-13-8-9(10)11(15-12)16-4-6-18-7-5-16/h13H,2-8H2,1H3. The molecule has 3 heterocycles. The number of methoxy groups -OCH3 is 1. The average Bonchev–Trinajstić information content (AvgIpc) is 2.47. The van der Waals surface area contributed by atoms with Crippen LogP contribution in [0.15, 0.2) is 0 Å². The molecular weight excluding hydrogens is 232 g/mol. The zero-order valence-corrected chi connectivity index (χ0v) is 10.6. The topological polar surface area (TPSA) is 59.5 Å². The Morgan fingerprint density at radius 3 is 2.89 bits per heavy atom. The highest BCUT2D eigenvalue weighted by Crippen LogP contribution is 2.26. The van der Waals surface area contributed by atoms with Crippen LogP contribution in [0.5, 0.6) is 6.01 Å². The lowest BCUT2D eigenvalue weighted by Gasteiger charge is -2.31. The van der Waals surface area contributed by atoms with E-state index in [0.29, 0.717) is 6.01 Å². The second-order valence-electron chi connectivity index (χ2n) is 4.49. The first-order valence-corrected chi connectivity index (χ1v) is 6.35. The lowest BCUT2D eigenvalue weighted by atomic mass is 10.1. The fraction of sp³-hybridized carbons (Fsp3) is 0.667. The molecule has 0 amide bonds. The van der Waals surface area contributed by atoms with Gasteiger partial charge in [-0.15, -0.1) is 0 Å². The van der Waals surface area contributed by atoms with Crippen LogP contribution in [0.1, 0.15) is 11.3 Å². The Balaban J connectivity index is 1.99. The third kappa shape index (κ3) is 2.13. The molecule has 6 nitrogen and oxygen atoms in total. The highest BCUT2D eigenvalue weighted by Gasteiger charge is 2.23. The van der Waals surface area contributed by atoms with E-state index >= 15 is 0 Å². The quantitative estimate of drug-likeness (QED) is 0.795. The molecule has 6 heteroatoms. The van der Waals surface area contributed by atoms with E-state index in [1.807, 2.05) is 0 Å². The first-order valence-electron chi connectivity index (χ1n) is 6.35. The van der Waals surface area contributed by atoms with Gasteiger partial charge in [0.05, 0.1) is 26.0 Å². The maximum absolute atomic E-state index is 5.39. The van der Waals surface area contributed by atoms with Gasteiger partial charge in [-0.3, -0.25) is 0 Å². The summed E-state index contributed by atoms with van der Waals surface area (Å²) < 4.78 is 10.6. The fourth-order valence-corrected chi connectivity index (χ4v) is 2.43. The van der Waals surface area contributed by atoms with E-state index in [-0.39, 0.29) is 0 Å². The summed E-state index contributed by atoms with van der Waals surface area (Å²) in [6.45, 7) is 5.09. The summed E-state index contributed by atoms with van der Waals surface area (Å²) in [6.07, 6.45) is 0.936. The zero-order valence-electron chi connectivity index (χ0n) is 10.6. The van der Waals surface area contributed by atoms with Gasteiger partial charge in [0, 0.05) is 38.2 Å². The Kier molecular flexibility index (Phi) is 3.29. The third-order valence-electron chi connectivity index (χ3n) is 3.38. The summed E-state index contributed by atoms with van der Waals surface area (Å²) in [4.78, 5) is 11.2. The first-order chi connectivity index (χ1) is 8.88. The van der Waals surface area contributed by atoms with Crippen molar-refractivity contribution in [2.45, 2.75) is 13.0 Å². The van der Waals surface area contributed by atoms with Gasteiger partial charge in [-0.1, -0.05) is 0 Å². The van der Waals surface area contributed by atoms with Crippen molar-refractivity contribution in [1.29, 1.82) is 0 Å². The molecule has 0 aromatic carbocycles. The minimum Gasteiger partial charge on any atom is -0.467 e. The van der Waals surface area contributed by atoms with Crippen molar-refractivity contribution in [2.24, 2.45) is 0 Å². The summed E-state index contributed by atoms with van der Waals surface area (Å²) in [5.41, 5.74) is 2.33. The molecule has 18 heavy (non-hydrogen) atoms. The lowest BCUT2D eigenvalue weighted by Crippen LogP contribution is -2.39. The highest BCUT2D eigenvalue weighted by molar-refractivity contribution is 5.51. The van der Waals surface area contributed by atoms with Gasteiger partial charge in [0.2, 0.25) is 0 Å². The summed E-state index contributed by atoms with van der Waals surface area (Å²) in [6, 6.07) is 0.470. The average molecular weight is 250 g/mol. The van der Waals surface area contributed by atoms with Crippen molar-refractivity contribution in [2.75, 3.05) is 44.9 Å². The van der Waals surface area contributed by atoms with Gasteiger partial charge in [-0.25, -0.2) is 0 Å². The number of fused-ring (bicyclic) bond motifs is 1. The molecule has 1 aromatic rings. The van der Waals surface area contributed by atoms with Gasteiger partial charge in [-0.05, 0) is 0 Å². The number of ether oxygens (including phenoxy) is 2. The monoisotopic (exact) mass is 250 g/mol. The van der Waals surface area contributed by atoms with Crippen molar-refractivity contribution >= 4 is 5.82 Å². The Labute approximate surface area is 106 Å². The third-order valence-corrected chi connectivity index (χ3v) is 3.38. The smallest absolute Gasteiger partial charge is 0.318 e. The Morgan fingerprint density at radius 1 is 1.28 bits per heavy atom. The van der Waals surface area contributed by atoms with Crippen LogP contribution in [0.25, 0.3) is 0 Å². The Morgan fingerprint density at radius 2 is 2.11 bits per heavy atom. The highest BCUT2D eigenvalue weighted by atomic mass is 16.5. The second kappa shape index (κ2) is 5.07. The predicted octanol–water partition coefficient (Wildman–Crippen LogP) is -0.0325. The van der Waals surface area contributed by atoms with Gasteiger partial charge in [0.15, 0.2) is 0 Å². The van der Waals surface area contributed by atoms with E-state index in [9.17, 15) is 0 Å². The molecule has 0 unspecified atom stereocenters. The van der Waals surface area contributed by atoms with E-state index < -0.39 is 0 Å². The van der Waals surface area contributed by atoms with Crippen molar-refractivity contribution < 1.29 is 9.47 Å². The molecule has 0 atom stereocenters. The number of nitrogens with one attached hydrogen (secondary N) is 1. The maximum Gasteiger partial charge on any atom is 0.318 e. The number of hydrogen-bond donors (Lipinski definition) is 1. The van der Waals surface area contributed by atoms with Gasteiger partial charge < -0.3 is 19.7 Å². The zero-order chi connectivity index (χ0) is 12.4. The largest absolute Gasteiger partial charge is 0.467 e. The van der Waals surface area contributed by atoms with E-state index in [0.717, 1.165) is 57.3 Å². The molecule has 0 spiro atoms. The van der Waals surface area contributed by atoms with Crippen LogP contribution >= 0.6 is 0 Å². The molecular formula is C12H18N4O2. The molecule has 98 valence electrons. The van der Waals surface area contributed by atoms with Crippen LogP contribution in [0.2, 0.25) is 0 Å². The number of morpholine rings is 1. The van der Waals surface area contributed by atoms with Crippen LogP contribution in [-0.4, -0.2) is 49.9 Å². The van der Waals surface area contributed by atoms with Crippen LogP contribution in [0.3, 0.4) is 0 Å². The first kappa shape index (κ1) is 11.7. The van der Waals surface area contributed by atoms with Gasteiger partial charge >= 0.3 is 6.01 Å². The Bertz CT molecular complexity index is 432. The van der Waals surface area contributed by atoms with Crippen molar-refractivity contribution in [3.8, 4) is 6.01 Å². The number of hydrogen-bond acceptors (Lipinski definition) is 6. The predicted molar refractivity (Wildman–Crippen MR) is 67.0 cm³/mol. The number of aromatic nitrogens is 2. The van der Waals surface area contributed by atoms with E-state index in [1.165, 1.54) is 5.56 Å².